The van der Waals surface area contributed by atoms with Crippen LogP contribution in [0.5, 0.6) is 0 Å². The third-order valence-electron chi connectivity index (χ3n) is 2.27. The largest absolute Gasteiger partial charge is 0.373 e. The Morgan fingerprint density at radius 3 is 1.31 bits per heavy atom. The maximum atomic E-state index is 10.6. The predicted octanol–water partition coefficient (Wildman–Crippen LogP) is 0.941. The maximum absolute atomic E-state index is 10.6. The SMILES string of the molecule is NOC(=O)CCCCCCCCC(=O)ON. The molecule has 0 saturated heterocycles. The average molecular weight is 232 g/mol. The van der Waals surface area contributed by atoms with Gasteiger partial charge >= 0.3 is 11.9 Å². The lowest BCUT2D eigenvalue weighted by atomic mass is 10.1. The van der Waals surface area contributed by atoms with E-state index in [4.69, 9.17) is 11.8 Å². The lowest BCUT2D eigenvalue weighted by molar-refractivity contribution is -0.145. The van der Waals surface area contributed by atoms with E-state index in [-0.39, 0.29) is 11.9 Å². The second-order valence-corrected chi connectivity index (χ2v) is 3.60. The van der Waals surface area contributed by atoms with Crippen molar-refractivity contribution in [3.8, 4) is 0 Å². The third-order valence-corrected chi connectivity index (χ3v) is 2.27. The van der Waals surface area contributed by atoms with Crippen LogP contribution in [0.2, 0.25) is 0 Å². The number of nitrogens with two attached hydrogens (primary N) is 2. The van der Waals surface area contributed by atoms with Crippen LogP contribution in [0.4, 0.5) is 0 Å². The minimum Gasteiger partial charge on any atom is -0.373 e. The van der Waals surface area contributed by atoms with E-state index in [0.29, 0.717) is 12.8 Å². The molecule has 4 N–H and O–H groups in total. The number of hydrogen-bond donors (Lipinski definition) is 2. The van der Waals surface area contributed by atoms with Crippen molar-refractivity contribution in [2.75, 3.05) is 0 Å². The molecule has 0 fully saturated rings. The van der Waals surface area contributed by atoms with Crippen molar-refractivity contribution in [1.82, 2.24) is 0 Å². The Bertz CT molecular complexity index is 187. The molecule has 0 aromatic rings. The molecule has 0 aliphatic heterocycles. The highest BCUT2D eigenvalue weighted by atomic mass is 16.7. The van der Waals surface area contributed by atoms with Crippen LogP contribution >= 0.6 is 0 Å². The molecule has 0 bridgehead atoms. The first-order valence-electron chi connectivity index (χ1n) is 5.50. The molecule has 94 valence electrons. The van der Waals surface area contributed by atoms with Crippen LogP contribution in [0, 0.1) is 0 Å². The summed E-state index contributed by atoms with van der Waals surface area (Å²) in [4.78, 5) is 29.4. The molecule has 6 heteroatoms. The molecule has 0 spiro atoms. The Balaban J connectivity index is 3.10. The summed E-state index contributed by atoms with van der Waals surface area (Å²) < 4.78 is 0. The lowest BCUT2D eigenvalue weighted by Gasteiger charge is -2.01. The molecule has 16 heavy (non-hydrogen) atoms. The Hall–Kier alpha value is -1.14. The molecule has 0 rings (SSSR count). The number of carbonyl (C=O) groups excluding carboxylic acids is 2. The zero-order valence-electron chi connectivity index (χ0n) is 9.44. The van der Waals surface area contributed by atoms with E-state index < -0.39 is 0 Å². The van der Waals surface area contributed by atoms with Crippen LogP contribution in [0.1, 0.15) is 51.4 Å². The van der Waals surface area contributed by atoms with Gasteiger partial charge in [-0.25, -0.2) is 0 Å². The molecule has 0 aliphatic carbocycles. The van der Waals surface area contributed by atoms with Crippen LogP contribution in [0.3, 0.4) is 0 Å². The van der Waals surface area contributed by atoms with Gasteiger partial charge in [0.2, 0.25) is 0 Å². The van der Waals surface area contributed by atoms with E-state index >= 15 is 0 Å². The minimum atomic E-state index is -0.370. The van der Waals surface area contributed by atoms with Gasteiger partial charge in [0.1, 0.15) is 0 Å². The second-order valence-electron chi connectivity index (χ2n) is 3.60. The number of rotatable bonds is 9. The smallest absolute Gasteiger partial charge is 0.324 e. The van der Waals surface area contributed by atoms with Gasteiger partial charge in [-0.1, -0.05) is 25.7 Å². The fourth-order valence-corrected chi connectivity index (χ4v) is 1.36. The van der Waals surface area contributed by atoms with Gasteiger partial charge in [-0.15, -0.1) is 0 Å². The highest BCUT2D eigenvalue weighted by Gasteiger charge is 2.01. The van der Waals surface area contributed by atoms with E-state index in [9.17, 15) is 9.59 Å². The molecule has 0 aromatic carbocycles. The van der Waals surface area contributed by atoms with Crippen molar-refractivity contribution >= 4 is 11.9 Å². The molecule has 0 aliphatic rings. The zero-order valence-corrected chi connectivity index (χ0v) is 9.44. The van der Waals surface area contributed by atoms with E-state index in [1.807, 2.05) is 0 Å². The summed E-state index contributed by atoms with van der Waals surface area (Å²) in [6.45, 7) is 0. The molecule has 0 radical (unpaired) electrons. The van der Waals surface area contributed by atoms with E-state index in [0.717, 1.165) is 38.5 Å². The maximum Gasteiger partial charge on any atom is 0.324 e. The molecule has 0 saturated carbocycles. The number of carbonyl (C=O) groups is 2. The first-order valence-corrected chi connectivity index (χ1v) is 5.50. The Morgan fingerprint density at radius 2 is 1.00 bits per heavy atom. The second kappa shape index (κ2) is 10.4. The summed E-state index contributed by atoms with van der Waals surface area (Å²) in [5.74, 6) is 8.64. The predicted molar refractivity (Wildman–Crippen MR) is 57.5 cm³/mol. The zero-order chi connectivity index (χ0) is 12.2. The Morgan fingerprint density at radius 1 is 0.688 bits per heavy atom. The van der Waals surface area contributed by atoms with Gasteiger partial charge in [0.05, 0.1) is 0 Å². The molecule has 0 amide bonds. The summed E-state index contributed by atoms with van der Waals surface area (Å²) in [6.07, 6.45) is 6.34. The Kier molecular flexibility index (Phi) is 9.64. The number of unbranched alkanes of at least 4 members (excludes halogenated alkanes) is 5. The summed E-state index contributed by atoms with van der Waals surface area (Å²) >= 11 is 0. The third kappa shape index (κ3) is 9.42. The first-order chi connectivity index (χ1) is 7.70. The van der Waals surface area contributed by atoms with Crippen molar-refractivity contribution < 1.29 is 19.3 Å². The van der Waals surface area contributed by atoms with Crippen LogP contribution < -0.4 is 11.8 Å². The molecule has 6 nitrogen and oxygen atoms in total. The minimum absolute atomic E-state index is 0.370. The Labute approximate surface area is 95.2 Å². The fourth-order valence-electron chi connectivity index (χ4n) is 1.36. The van der Waals surface area contributed by atoms with Crippen molar-refractivity contribution in [2.24, 2.45) is 11.8 Å². The van der Waals surface area contributed by atoms with Crippen LogP contribution in [-0.4, -0.2) is 11.9 Å². The quantitative estimate of drug-likeness (QED) is 0.453. The van der Waals surface area contributed by atoms with Crippen molar-refractivity contribution in [3.05, 3.63) is 0 Å². The summed E-state index contributed by atoms with van der Waals surface area (Å²) in [5.41, 5.74) is 0. The molecule has 0 atom stereocenters. The van der Waals surface area contributed by atoms with Crippen molar-refractivity contribution in [1.29, 1.82) is 0 Å². The van der Waals surface area contributed by atoms with E-state index in [1.54, 1.807) is 0 Å². The van der Waals surface area contributed by atoms with Crippen molar-refractivity contribution in [2.45, 2.75) is 51.4 Å². The molecular weight excluding hydrogens is 212 g/mol. The number of hydrogen-bond acceptors (Lipinski definition) is 6. The monoisotopic (exact) mass is 232 g/mol. The van der Waals surface area contributed by atoms with Crippen LogP contribution in [-0.2, 0) is 19.3 Å². The topological polar surface area (TPSA) is 105 Å². The molecular formula is C10H20N2O4. The van der Waals surface area contributed by atoms with Gasteiger partial charge in [-0.3, -0.25) is 9.59 Å². The fraction of sp³-hybridized carbons (Fsp3) is 0.800. The first kappa shape index (κ1) is 14.9. The highest BCUT2D eigenvalue weighted by molar-refractivity contribution is 5.69. The lowest BCUT2D eigenvalue weighted by Crippen LogP contribution is -2.09. The molecule has 0 unspecified atom stereocenters. The van der Waals surface area contributed by atoms with E-state index in [1.165, 1.54) is 0 Å². The molecule has 0 aromatic heterocycles. The average Bonchev–Trinajstić information content (AvgIpc) is 2.31. The van der Waals surface area contributed by atoms with E-state index in [2.05, 4.69) is 9.68 Å². The van der Waals surface area contributed by atoms with Crippen LogP contribution in [0.15, 0.2) is 0 Å². The van der Waals surface area contributed by atoms with Gasteiger partial charge in [0.15, 0.2) is 0 Å². The molecule has 0 heterocycles. The van der Waals surface area contributed by atoms with Gasteiger partial charge in [0, 0.05) is 12.8 Å². The summed E-state index contributed by atoms with van der Waals surface area (Å²) in [7, 11) is 0. The van der Waals surface area contributed by atoms with Gasteiger partial charge < -0.3 is 9.68 Å². The summed E-state index contributed by atoms with van der Waals surface area (Å²) in [6, 6.07) is 0. The van der Waals surface area contributed by atoms with Gasteiger partial charge in [-0.2, -0.15) is 11.8 Å². The van der Waals surface area contributed by atoms with Gasteiger partial charge in [0.25, 0.3) is 0 Å². The van der Waals surface area contributed by atoms with Crippen LogP contribution in [0.25, 0.3) is 0 Å². The standard InChI is InChI=1S/C10H20N2O4/c11-15-9(13)7-5-3-1-2-4-6-8-10(14)16-12/h1-8,11-12H2. The highest BCUT2D eigenvalue weighted by Crippen LogP contribution is 2.08. The normalized spacial score (nSPS) is 9.88. The van der Waals surface area contributed by atoms with Gasteiger partial charge in [-0.05, 0) is 12.8 Å². The van der Waals surface area contributed by atoms with Crippen molar-refractivity contribution in [3.63, 3.8) is 0 Å². The summed E-state index contributed by atoms with van der Waals surface area (Å²) in [5, 5.41) is 0.